The summed E-state index contributed by atoms with van der Waals surface area (Å²) >= 11 is 5.65. The van der Waals surface area contributed by atoms with Crippen molar-refractivity contribution < 1.29 is 13.2 Å². The highest BCUT2D eigenvalue weighted by Crippen LogP contribution is 2.16. The Hall–Kier alpha value is -1.99. The number of hydrogen-bond donors (Lipinski definition) is 1. The molecule has 6 nitrogen and oxygen atoms in total. The van der Waals surface area contributed by atoms with E-state index in [1.54, 1.807) is 0 Å². The van der Waals surface area contributed by atoms with Gasteiger partial charge in [0.2, 0.25) is 0 Å². The number of Topliss-reactive ketones (excluding diaryl/α,β-unsaturated/α-hetero) is 1. The molecule has 2 rings (SSSR count). The number of nitrogens with zero attached hydrogens (tertiary/aromatic N) is 2. The van der Waals surface area contributed by atoms with Gasteiger partial charge in [-0.1, -0.05) is 23.7 Å². The Morgan fingerprint density at radius 2 is 1.85 bits per heavy atom. The second-order valence-electron chi connectivity index (χ2n) is 3.91. The topological polar surface area (TPSA) is 89.0 Å². The monoisotopic (exact) mass is 311 g/mol. The Bertz CT molecular complexity index is 745. The largest absolute Gasteiger partial charge is 0.295 e. The molecule has 0 saturated heterocycles. The van der Waals surface area contributed by atoms with Gasteiger partial charge < -0.3 is 0 Å². The molecule has 0 unspecified atom stereocenters. The second-order valence-corrected chi connectivity index (χ2v) is 5.98. The van der Waals surface area contributed by atoms with E-state index in [-0.39, 0.29) is 21.6 Å². The molecule has 8 heteroatoms. The summed E-state index contributed by atoms with van der Waals surface area (Å²) < 4.78 is 26.5. The molecule has 1 heterocycles. The number of rotatable bonds is 4. The van der Waals surface area contributed by atoms with Crippen LogP contribution in [-0.2, 0) is 10.0 Å². The Kier molecular flexibility index (Phi) is 4.01. The number of hydrogen-bond acceptors (Lipinski definition) is 5. The first-order valence-corrected chi connectivity index (χ1v) is 7.36. The van der Waals surface area contributed by atoms with Crippen LogP contribution in [0.2, 0.25) is 5.15 Å². The van der Waals surface area contributed by atoms with Crippen molar-refractivity contribution in [3.63, 3.8) is 0 Å². The zero-order valence-electron chi connectivity index (χ0n) is 10.4. The number of benzene rings is 1. The molecule has 0 aliphatic heterocycles. The van der Waals surface area contributed by atoms with Gasteiger partial charge in [-0.2, -0.15) is 0 Å². The molecule has 0 aliphatic rings. The molecule has 0 amide bonds. The van der Waals surface area contributed by atoms with E-state index in [1.807, 2.05) is 0 Å². The van der Waals surface area contributed by atoms with Crippen LogP contribution in [0.1, 0.15) is 17.3 Å². The zero-order chi connectivity index (χ0) is 14.8. The van der Waals surface area contributed by atoms with E-state index in [1.165, 1.54) is 37.3 Å². The number of aromatic nitrogens is 2. The quantitative estimate of drug-likeness (QED) is 0.690. The molecule has 0 fully saturated rings. The fourth-order valence-electron chi connectivity index (χ4n) is 1.45. The van der Waals surface area contributed by atoms with Gasteiger partial charge in [0, 0.05) is 11.6 Å². The lowest BCUT2D eigenvalue weighted by atomic mass is 10.2. The predicted octanol–water partition coefficient (Wildman–Crippen LogP) is 2.13. The van der Waals surface area contributed by atoms with Crippen LogP contribution >= 0.6 is 11.6 Å². The van der Waals surface area contributed by atoms with Gasteiger partial charge in [-0.15, -0.1) is 0 Å². The highest BCUT2D eigenvalue weighted by molar-refractivity contribution is 7.92. The van der Waals surface area contributed by atoms with Crippen molar-refractivity contribution in [1.29, 1.82) is 0 Å². The maximum Gasteiger partial charge on any atom is 0.263 e. The summed E-state index contributed by atoms with van der Waals surface area (Å²) in [5.74, 6) is -0.0647. The van der Waals surface area contributed by atoms with E-state index in [4.69, 9.17) is 11.6 Å². The Balaban J connectivity index is 2.28. The van der Waals surface area contributed by atoms with Crippen molar-refractivity contribution in [2.24, 2.45) is 0 Å². The normalized spacial score (nSPS) is 11.1. The highest BCUT2D eigenvalue weighted by Gasteiger charge is 2.15. The molecule has 0 spiro atoms. The Morgan fingerprint density at radius 3 is 2.40 bits per heavy atom. The van der Waals surface area contributed by atoms with Gasteiger partial charge in [0.05, 0.1) is 4.90 Å². The summed E-state index contributed by atoms with van der Waals surface area (Å²) in [6, 6.07) is 6.89. The Morgan fingerprint density at radius 1 is 1.20 bits per heavy atom. The van der Waals surface area contributed by atoms with Crippen molar-refractivity contribution in [2.75, 3.05) is 4.72 Å². The average molecular weight is 312 g/mol. The third-order valence-electron chi connectivity index (χ3n) is 2.44. The number of ketones is 1. The van der Waals surface area contributed by atoms with E-state index >= 15 is 0 Å². The van der Waals surface area contributed by atoms with Crippen LogP contribution in [0.5, 0.6) is 0 Å². The lowest BCUT2D eigenvalue weighted by Gasteiger charge is -2.07. The summed E-state index contributed by atoms with van der Waals surface area (Å²) in [7, 11) is -3.78. The molecule has 1 aromatic heterocycles. The van der Waals surface area contributed by atoms with Gasteiger partial charge in [0.1, 0.15) is 17.3 Å². The summed E-state index contributed by atoms with van der Waals surface area (Å²) in [4.78, 5) is 18.6. The fraction of sp³-hybridized carbons (Fsp3) is 0.0833. The molecule has 0 saturated carbocycles. The molecule has 2 aromatic rings. The highest BCUT2D eigenvalue weighted by atomic mass is 35.5. The Labute approximate surface area is 120 Å². The van der Waals surface area contributed by atoms with Gasteiger partial charge in [-0.3, -0.25) is 9.52 Å². The maximum atomic E-state index is 12.1. The average Bonchev–Trinajstić information content (AvgIpc) is 2.38. The van der Waals surface area contributed by atoms with Crippen molar-refractivity contribution >= 4 is 33.2 Å². The molecule has 20 heavy (non-hydrogen) atoms. The standard InChI is InChI=1S/C12H10ClN3O3S/c1-8(17)9-2-4-10(5-3-9)20(18,19)16-12-6-11(13)14-7-15-12/h2-7H,1H3,(H,14,15,16). The zero-order valence-corrected chi connectivity index (χ0v) is 11.9. The van der Waals surface area contributed by atoms with E-state index in [0.29, 0.717) is 5.56 Å². The van der Waals surface area contributed by atoms with Crippen LogP contribution in [-0.4, -0.2) is 24.2 Å². The summed E-state index contributed by atoms with van der Waals surface area (Å²) in [5, 5.41) is 0.129. The smallest absolute Gasteiger partial charge is 0.263 e. The lowest BCUT2D eigenvalue weighted by molar-refractivity contribution is 0.101. The number of nitrogens with one attached hydrogen (secondary N) is 1. The van der Waals surface area contributed by atoms with E-state index in [0.717, 1.165) is 6.33 Å². The first kappa shape index (κ1) is 14.4. The predicted molar refractivity (Wildman–Crippen MR) is 74.3 cm³/mol. The van der Waals surface area contributed by atoms with Gasteiger partial charge in [0.15, 0.2) is 5.78 Å². The van der Waals surface area contributed by atoms with Gasteiger partial charge in [-0.25, -0.2) is 18.4 Å². The second kappa shape index (κ2) is 5.56. The number of carbonyl (C=O) groups excluding carboxylic acids is 1. The van der Waals surface area contributed by atoms with Crippen molar-refractivity contribution in [1.82, 2.24) is 9.97 Å². The van der Waals surface area contributed by atoms with Crippen LogP contribution in [0.4, 0.5) is 5.82 Å². The fourth-order valence-corrected chi connectivity index (χ4v) is 2.60. The van der Waals surface area contributed by atoms with Crippen LogP contribution in [0.15, 0.2) is 41.6 Å². The van der Waals surface area contributed by atoms with Gasteiger partial charge in [0.25, 0.3) is 10.0 Å². The van der Waals surface area contributed by atoms with Crippen molar-refractivity contribution in [2.45, 2.75) is 11.8 Å². The van der Waals surface area contributed by atoms with Gasteiger partial charge >= 0.3 is 0 Å². The molecule has 1 aromatic carbocycles. The minimum atomic E-state index is -3.78. The van der Waals surface area contributed by atoms with Crippen LogP contribution in [0, 0.1) is 0 Å². The third-order valence-corrected chi connectivity index (χ3v) is 4.02. The van der Waals surface area contributed by atoms with E-state index in [2.05, 4.69) is 14.7 Å². The molecule has 104 valence electrons. The molecule has 0 radical (unpaired) electrons. The van der Waals surface area contributed by atoms with Crippen LogP contribution < -0.4 is 4.72 Å². The lowest BCUT2D eigenvalue weighted by Crippen LogP contribution is -2.14. The van der Waals surface area contributed by atoms with E-state index < -0.39 is 10.0 Å². The SMILES string of the molecule is CC(=O)c1ccc(S(=O)(=O)Nc2cc(Cl)ncn2)cc1. The molecular weight excluding hydrogens is 302 g/mol. The minimum absolute atomic E-state index is 0.0252. The molecular formula is C12H10ClN3O3S. The molecule has 0 aliphatic carbocycles. The number of sulfonamides is 1. The maximum absolute atomic E-state index is 12.1. The van der Waals surface area contributed by atoms with Crippen molar-refractivity contribution in [3.05, 3.63) is 47.4 Å². The van der Waals surface area contributed by atoms with Crippen LogP contribution in [0.25, 0.3) is 0 Å². The molecule has 0 atom stereocenters. The number of carbonyl (C=O) groups is 1. The summed E-state index contributed by atoms with van der Waals surface area (Å²) in [6.07, 6.45) is 1.15. The minimum Gasteiger partial charge on any atom is -0.295 e. The summed E-state index contributed by atoms with van der Waals surface area (Å²) in [6.45, 7) is 1.41. The van der Waals surface area contributed by atoms with Crippen LogP contribution in [0.3, 0.4) is 0 Å². The summed E-state index contributed by atoms with van der Waals surface area (Å²) in [5.41, 5.74) is 0.439. The third kappa shape index (κ3) is 3.31. The van der Waals surface area contributed by atoms with E-state index in [9.17, 15) is 13.2 Å². The first-order valence-electron chi connectivity index (χ1n) is 5.50. The molecule has 0 bridgehead atoms. The number of halogens is 1. The molecule has 1 N–H and O–H groups in total. The van der Waals surface area contributed by atoms with Crippen molar-refractivity contribution in [3.8, 4) is 0 Å². The van der Waals surface area contributed by atoms with Gasteiger partial charge in [-0.05, 0) is 19.1 Å². The number of anilines is 1. The first-order chi connectivity index (χ1) is 9.38.